The van der Waals surface area contributed by atoms with Crippen molar-refractivity contribution in [3.8, 4) is 0 Å². The van der Waals surface area contributed by atoms with Crippen LogP contribution in [0.2, 0.25) is 0 Å². The summed E-state index contributed by atoms with van der Waals surface area (Å²) in [6.45, 7) is 0.985. The summed E-state index contributed by atoms with van der Waals surface area (Å²) < 4.78 is 13.2. The van der Waals surface area contributed by atoms with Crippen LogP contribution in [-0.2, 0) is 13.1 Å². The molecular weight excluding hydrogens is 247 g/mol. The van der Waals surface area contributed by atoms with E-state index in [0.717, 1.165) is 11.4 Å². The molecule has 0 unspecified atom stereocenters. The first-order valence-electron chi connectivity index (χ1n) is 5.90. The van der Waals surface area contributed by atoms with Crippen LogP contribution in [-0.4, -0.2) is 29.3 Å². The number of nitrogens with one attached hydrogen (secondary N) is 2. The highest BCUT2D eigenvalue weighted by molar-refractivity contribution is 5.47. The van der Waals surface area contributed by atoms with Crippen molar-refractivity contribution in [3.63, 3.8) is 0 Å². The van der Waals surface area contributed by atoms with E-state index in [2.05, 4.69) is 20.5 Å². The third kappa shape index (κ3) is 3.19. The molecule has 0 aliphatic carbocycles. The van der Waals surface area contributed by atoms with E-state index in [1.807, 2.05) is 19.0 Å². The normalized spacial score (nSPS) is 10.7. The Balaban J connectivity index is 1.91. The molecule has 0 saturated carbocycles. The maximum atomic E-state index is 13.2. The molecule has 0 aliphatic heterocycles. The lowest BCUT2D eigenvalue weighted by molar-refractivity contribution is 0.623. The van der Waals surface area contributed by atoms with Gasteiger partial charge in [0, 0.05) is 20.6 Å². The van der Waals surface area contributed by atoms with Crippen LogP contribution < -0.4 is 16.0 Å². The Morgan fingerprint density at radius 2 is 2.16 bits per heavy atom. The zero-order valence-corrected chi connectivity index (χ0v) is 10.9. The van der Waals surface area contributed by atoms with Gasteiger partial charge in [-0.2, -0.15) is 4.98 Å². The number of para-hydroxylation sites is 1. The van der Waals surface area contributed by atoms with Gasteiger partial charge in [-0.1, -0.05) is 12.1 Å². The number of aromatic amines is 1. The zero-order valence-electron chi connectivity index (χ0n) is 10.9. The van der Waals surface area contributed by atoms with E-state index in [0.29, 0.717) is 19.0 Å². The molecule has 0 spiro atoms. The highest BCUT2D eigenvalue weighted by Crippen LogP contribution is 2.15. The molecule has 1 aromatic carbocycles. The summed E-state index contributed by atoms with van der Waals surface area (Å²) in [7, 11) is 3.74. The number of hydrogen-bond acceptors (Lipinski definition) is 5. The average Bonchev–Trinajstić information content (AvgIpc) is 2.83. The van der Waals surface area contributed by atoms with Crippen LogP contribution in [0, 0.1) is 5.82 Å². The van der Waals surface area contributed by atoms with Gasteiger partial charge >= 0.3 is 0 Å². The molecule has 0 radical (unpaired) electrons. The molecule has 1 heterocycles. The van der Waals surface area contributed by atoms with E-state index in [9.17, 15) is 4.39 Å². The minimum Gasteiger partial charge on any atom is -0.396 e. The Hall–Kier alpha value is -2.15. The number of nitrogens with zero attached hydrogens (tertiary/aromatic N) is 3. The highest BCUT2D eigenvalue weighted by Gasteiger charge is 2.06. The summed E-state index contributed by atoms with van der Waals surface area (Å²) in [6.07, 6.45) is 0. The van der Waals surface area contributed by atoms with Crippen LogP contribution in [0.4, 0.5) is 16.0 Å². The number of aromatic nitrogens is 3. The van der Waals surface area contributed by atoms with Crippen LogP contribution in [0.1, 0.15) is 11.4 Å². The Morgan fingerprint density at radius 3 is 2.84 bits per heavy atom. The molecule has 0 bridgehead atoms. The van der Waals surface area contributed by atoms with Crippen molar-refractivity contribution >= 4 is 11.6 Å². The van der Waals surface area contributed by atoms with Gasteiger partial charge in [0.2, 0.25) is 5.95 Å². The van der Waals surface area contributed by atoms with Gasteiger partial charge in [0.15, 0.2) is 0 Å². The molecule has 1 aromatic heterocycles. The first kappa shape index (κ1) is 13.3. The van der Waals surface area contributed by atoms with Crippen LogP contribution in [0.3, 0.4) is 0 Å². The minimum absolute atomic E-state index is 0.182. The monoisotopic (exact) mass is 264 g/mol. The van der Waals surface area contributed by atoms with Gasteiger partial charge in [-0.25, -0.2) is 4.39 Å². The summed E-state index contributed by atoms with van der Waals surface area (Å²) >= 11 is 0. The molecule has 4 N–H and O–H groups in total. The summed E-state index contributed by atoms with van der Waals surface area (Å²) in [5.74, 6) is 0.953. The minimum atomic E-state index is -0.395. The fourth-order valence-corrected chi connectivity index (χ4v) is 1.62. The van der Waals surface area contributed by atoms with Crippen molar-refractivity contribution in [2.75, 3.05) is 24.7 Å². The first-order valence-corrected chi connectivity index (χ1v) is 5.90. The first-order chi connectivity index (χ1) is 9.08. The largest absolute Gasteiger partial charge is 0.396 e. The highest BCUT2D eigenvalue weighted by atomic mass is 19.1. The van der Waals surface area contributed by atoms with Crippen LogP contribution in [0.5, 0.6) is 0 Å². The van der Waals surface area contributed by atoms with Crippen LogP contribution in [0.15, 0.2) is 18.2 Å². The van der Waals surface area contributed by atoms with E-state index in [4.69, 9.17) is 5.73 Å². The molecule has 0 atom stereocenters. The molecule has 2 aromatic rings. The lowest BCUT2D eigenvalue weighted by Crippen LogP contribution is -2.15. The van der Waals surface area contributed by atoms with Gasteiger partial charge in [0.05, 0.1) is 12.2 Å². The third-order valence-electron chi connectivity index (χ3n) is 2.67. The van der Waals surface area contributed by atoms with Gasteiger partial charge in [0.25, 0.3) is 0 Å². The van der Waals surface area contributed by atoms with E-state index in [1.165, 1.54) is 6.07 Å². The Morgan fingerprint density at radius 1 is 1.37 bits per heavy atom. The van der Waals surface area contributed by atoms with Gasteiger partial charge in [-0.15, -0.1) is 5.10 Å². The maximum Gasteiger partial charge on any atom is 0.244 e. The number of nitrogen functional groups attached to an aromatic ring is 1. The van der Waals surface area contributed by atoms with E-state index >= 15 is 0 Å². The van der Waals surface area contributed by atoms with E-state index < -0.39 is 5.82 Å². The predicted molar refractivity (Wildman–Crippen MR) is 72.1 cm³/mol. The summed E-state index contributed by atoms with van der Waals surface area (Å²) in [6, 6.07) is 4.77. The smallest absolute Gasteiger partial charge is 0.244 e. The standard InChI is InChI=1S/C12H17FN6/c1-19(2)12-16-10(17-18-12)7-15-6-8-4-3-5-9(13)11(8)14/h3-5,15H,6-7,14H2,1-2H3,(H,16,17,18). The summed E-state index contributed by atoms with van der Waals surface area (Å²) in [5.41, 5.74) is 6.56. The second kappa shape index (κ2) is 5.66. The Bertz CT molecular complexity index is 551. The Labute approximate surface area is 110 Å². The number of rotatable bonds is 5. The van der Waals surface area contributed by atoms with Crippen molar-refractivity contribution in [3.05, 3.63) is 35.4 Å². The van der Waals surface area contributed by atoms with Crippen LogP contribution in [0.25, 0.3) is 0 Å². The maximum absolute atomic E-state index is 13.2. The lowest BCUT2D eigenvalue weighted by atomic mass is 10.2. The van der Waals surface area contributed by atoms with E-state index in [-0.39, 0.29) is 5.69 Å². The number of anilines is 2. The quantitative estimate of drug-likeness (QED) is 0.698. The number of nitrogens with two attached hydrogens (primary N) is 1. The van der Waals surface area contributed by atoms with Crippen molar-refractivity contribution in [2.24, 2.45) is 0 Å². The second-order valence-corrected chi connectivity index (χ2v) is 4.39. The molecule has 6 nitrogen and oxygen atoms in total. The van der Waals surface area contributed by atoms with Gasteiger partial charge in [-0.05, 0) is 11.6 Å². The number of benzene rings is 1. The molecule has 0 amide bonds. The molecule has 7 heteroatoms. The van der Waals surface area contributed by atoms with Crippen LogP contribution >= 0.6 is 0 Å². The van der Waals surface area contributed by atoms with Gasteiger partial charge in [0.1, 0.15) is 11.6 Å². The van der Waals surface area contributed by atoms with Crippen molar-refractivity contribution in [2.45, 2.75) is 13.1 Å². The predicted octanol–water partition coefficient (Wildman–Crippen LogP) is 0.882. The fourth-order valence-electron chi connectivity index (χ4n) is 1.62. The molecule has 0 fully saturated rings. The van der Waals surface area contributed by atoms with Gasteiger partial charge in [-0.3, -0.25) is 5.10 Å². The zero-order chi connectivity index (χ0) is 13.8. The Kier molecular flexibility index (Phi) is 3.96. The molecule has 0 aliphatic rings. The van der Waals surface area contributed by atoms with E-state index in [1.54, 1.807) is 12.1 Å². The molecule has 2 rings (SSSR count). The molecule has 0 saturated heterocycles. The molecular formula is C12H17FN6. The van der Waals surface area contributed by atoms with Crippen molar-refractivity contribution in [1.29, 1.82) is 0 Å². The number of H-pyrrole nitrogens is 1. The van der Waals surface area contributed by atoms with Gasteiger partial charge < -0.3 is 16.0 Å². The topological polar surface area (TPSA) is 82.9 Å². The number of hydrogen-bond donors (Lipinski definition) is 3. The SMILES string of the molecule is CN(C)c1n[nH]c(CNCc2cccc(F)c2N)n1. The third-order valence-corrected chi connectivity index (χ3v) is 2.67. The second-order valence-electron chi connectivity index (χ2n) is 4.39. The fraction of sp³-hybridized carbons (Fsp3) is 0.333. The number of halogens is 1. The van der Waals surface area contributed by atoms with Crippen molar-refractivity contribution in [1.82, 2.24) is 20.5 Å². The summed E-state index contributed by atoms with van der Waals surface area (Å²) in [4.78, 5) is 6.08. The molecule has 19 heavy (non-hydrogen) atoms. The molecule has 102 valence electrons. The van der Waals surface area contributed by atoms with Crippen molar-refractivity contribution < 1.29 is 4.39 Å². The summed E-state index contributed by atoms with van der Waals surface area (Å²) in [5, 5.41) is 10.0. The lowest BCUT2D eigenvalue weighted by Gasteiger charge is -2.07. The average molecular weight is 264 g/mol.